The summed E-state index contributed by atoms with van der Waals surface area (Å²) >= 11 is 1.70. The van der Waals surface area contributed by atoms with Gasteiger partial charge >= 0.3 is 0 Å². The third-order valence-corrected chi connectivity index (χ3v) is 3.24. The normalized spacial score (nSPS) is 10.3. The Labute approximate surface area is 94.7 Å². The van der Waals surface area contributed by atoms with E-state index < -0.39 is 0 Å². The van der Waals surface area contributed by atoms with E-state index in [1.54, 1.807) is 11.3 Å². The first-order valence-corrected chi connectivity index (χ1v) is 6.18. The highest BCUT2D eigenvalue weighted by Crippen LogP contribution is 2.16. The number of nitrogens with one attached hydrogen (secondary N) is 1. The van der Waals surface area contributed by atoms with Crippen LogP contribution < -0.4 is 11.1 Å². The van der Waals surface area contributed by atoms with Crippen LogP contribution in [0.1, 0.15) is 30.2 Å². The second-order valence-corrected chi connectivity index (χ2v) is 4.39. The molecular formula is C11H18N2OS. The van der Waals surface area contributed by atoms with Gasteiger partial charge in [0.1, 0.15) is 0 Å². The molecular weight excluding hydrogens is 208 g/mol. The quantitative estimate of drug-likeness (QED) is 0.775. The zero-order chi connectivity index (χ0) is 11.1. The van der Waals surface area contributed by atoms with Crippen molar-refractivity contribution in [2.45, 2.75) is 32.7 Å². The summed E-state index contributed by atoms with van der Waals surface area (Å²) in [5, 5.41) is 4.98. The molecule has 4 heteroatoms. The zero-order valence-electron chi connectivity index (χ0n) is 9.08. The number of hydrogen-bond donors (Lipinski definition) is 2. The molecule has 0 fully saturated rings. The van der Waals surface area contributed by atoms with E-state index in [9.17, 15) is 4.79 Å². The number of amides is 1. The Morgan fingerprint density at radius 2 is 2.40 bits per heavy atom. The number of thiophene rings is 1. The number of aryl methyl sites for hydroxylation is 1. The fraction of sp³-hybridized carbons (Fsp3) is 0.545. The van der Waals surface area contributed by atoms with Crippen LogP contribution in [0.2, 0.25) is 0 Å². The maximum atomic E-state index is 11.3. The van der Waals surface area contributed by atoms with Crippen molar-refractivity contribution >= 4 is 17.2 Å². The lowest BCUT2D eigenvalue weighted by molar-refractivity contribution is -0.121. The molecule has 1 heterocycles. The summed E-state index contributed by atoms with van der Waals surface area (Å²) in [6.45, 7) is 3.36. The van der Waals surface area contributed by atoms with Crippen molar-refractivity contribution in [1.82, 2.24) is 5.32 Å². The number of rotatable bonds is 6. The van der Waals surface area contributed by atoms with Gasteiger partial charge in [-0.15, -0.1) is 11.3 Å². The van der Waals surface area contributed by atoms with Crippen molar-refractivity contribution in [2.75, 3.05) is 6.54 Å². The van der Waals surface area contributed by atoms with Crippen molar-refractivity contribution in [3.05, 3.63) is 21.9 Å². The minimum atomic E-state index is 0.0934. The summed E-state index contributed by atoms with van der Waals surface area (Å²) in [4.78, 5) is 12.6. The van der Waals surface area contributed by atoms with E-state index in [0.29, 0.717) is 19.5 Å². The molecule has 1 aromatic rings. The summed E-state index contributed by atoms with van der Waals surface area (Å²) in [7, 11) is 0. The topological polar surface area (TPSA) is 55.1 Å². The van der Waals surface area contributed by atoms with Crippen molar-refractivity contribution in [2.24, 2.45) is 5.73 Å². The Morgan fingerprint density at radius 1 is 1.60 bits per heavy atom. The molecule has 0 bridgehead atoms. The van der Waals surface area contributed by atoms with Gasteiger partial charge in [0.05, 0.1) is 6.54 Å². The second kappa shape index (κ2) is 6.58. The lowest BCUT2D eigenvalue weighted by atomic mass is 10.2. The number of carbonyl (C=O) groups is 1. The second-order valence-electron chi connectivity index (χ2n) is 3.39. The number of nitrogens with two attached hydrogens (primary N) is 1. The first-order valence-electron chi connectivity index (χ1n) is 5.30. The third-order valence-electron chi connectivity index (χ3n) is 2.27. The summed E-state index contributed by atoms with van der Waals surface area (Å²) < 4.78 is 0. The molecule has 0 unspecified atom stereocenters. The predicted octanol–water partition coefficient (Wildman–Crippen LogP) is 1.67. The number of carbonyl (C=O) groups excluding carboxylic acids is 1. The molecule has 0 aliphatic rings. The molecule has 0 saturated heterocycles. The van der Waals surface area contributed by atoms with E-state index in [-0.39, 0.29) is 5.91 Å². The monoisotopic (exact) mass is 226 g/mol. The molecule has 0 aliphatic heterocycles. The van der Waals surface area contributed by atoms with Gasteiger partial charge in [-0.05, 0) is 36.4 Å². The smallest absolute Gasteiger partial charge is 0.220 e. The van der Waals surface area contributed by atoms with Crippen LogP contribution in [0.15, 0.2) is 11.4 Å². The fourth-order valence-corrected chi connectivity index (χ4v) is 2.28. The molecule has 15 heavy (non-hydrogen) atoms. The largest absolute Gasteiger partial charge is 0.351 e. The summed E-state index contributed by atoms with van der Waals surface area (Å²) in [6, 6.07) is 2.12. The highest BCUT2D eigenvalue weighted by atomic mass is 32.1. The highest BCUT2D eigenvalue weighted by Gasteiger charge is 2.04. The highest BCUT2D eigenvalue weighted by molar-refractivity contribution is 7.10. The van der Waals surface area contributed by atoms with Gasteiger partial charge < -0.3 is 11.1 Å². The lowest BCUT2D eigenvalue weighted by Gasteiger charge is -2.04. The zero-order valence-corrected chi connectivity index (χ0v) is 9.90. The van der Waals surface area contributed by atoms with Gasteiger partial charge in [-0.2, -0.15) is 0 Å². The molecule has 0 aliphatic carbocycles. The van der Waals surface area contributed by atoms with E-state index in [1.165, 1.54) is 10.4 Å². The Kier molecular flexibility index (Phi) is 5.36. The third kappa shape index (κ3) is 4.01. The Bertz CT molecular complexity index is 309. The average Bonchev–Trinajstić information content (AvgIpc) is 2.70. The molecule has 1 amide bonds. The van der Waals surface area contributed by atoms with Crippen LogP contribution in [0.4, 0.5) is 0 Å². The van der Waals surface area contributed by atoms with Crippen LogP contribution in [0.25, 0.3) is 0 Å². The molecule has 3 N–H and O–H groups in total. The van der Waals surface area contributed by atoms with E-state index in [4.69, 9.17) is 5.73 Å². The first kappa shape index (κ1) is 12.2. The summed E-state index contributed by atoms with van der Waals surface area (Å²) in [5.41, 5.74) is 6.67. The summed E-state index contributed by atoms with van der Waals surface area (Å²) in [5.74, 6) is 0.0934. The minimum Gasteiger partial charge on any atom is -0.351 e. The van der Waals surface area contributed by atoms with Crippen LogP contribution in [0.5, 0.6) is 0 Å². The fourth-order valence-electron chi connectivity index (χ4n) is 1.37. The van der Waals surface area contributed by atoms with Gasteiger partial charge in [-0.3, -0.25) is 4.79 Å². The van der Waals surface area contributed by atoms with Crippen LogP contribution >= 0.6 is 11.3 Å². The van der Waals surface area contributed by atoms with Gasteiger partial charge in [-0.25, -0.2) is 0 Å². The van der Waals surface area contributed by atoms with Gasteiger partial charge in [0.2, 0.25) is 5.91 Å². The maximum Gasteiger partial charge on any atom is 0.220 e. The van der Waals surface area contributed by atoms with Crippen molar-refractivity contribution in [3.8, 4) is 0 Å². The van der Waals surface area contributed by atoms with Crippen molar-refractivity contribution in [3.63, 3.8) is 0 Å². The van der Waals surface area contributed by atoms with Gasteiger partial charge in [0.15, 0.2) is 0 Å². The molecule has 0 radical (unpaired) electrons. The molecule has 0 spiro atoms. The molecule has 0 saturated carbocycles. The van der Waals surface area contributed by atoms with Crippen molar-refractivity contribution in [1.29, 1.82) is 0 Å². The van der Waals surface area contributed by atoms with E-state index in [1.807, 2.05) is 0 Å². The van der Waals surface area contributed by atoms with Gasteiger partial charge in [-0.1, -0.05) is 6.92 Å². The van der Waals surface area contributed by atoms with Gasteiger partial charge in [0.25, 0.3) is 0 Å². The van der Waals surface area contributed by atoms with Gasteiger partial charge in [0, 0.05) is 11.3 Å². The Morgan fingerprint density at radius 3 is 3.07 bits per heavy atom. The van der Waals surface area contributed by atoms with E-state index in [2.05, 4.69) is 23.7 Å². The van der Waals surface area contributed by atoms with Crippen molar-refractivity contribution < 1.29 is 4.79 Å². The Hall–Kier alpha value is -0.870. The minimum absolute atomic E-state index is 0.0934. The Balaban J connectivity index is 2.33. The molecule has 0 aromatic carbocycles. The average molecular weight is 226 g/mol. The molecule has 1 aromatic heterocycles. The maximum absolute atomic E-state index is 11.3. The van der Waals surface area contributed by atoms with Crippen LogP contribution in [-0.4, -0.2) is 12.5 Å². The first-order chi connectivity index (χ1) is 7.27. The van der Waals surface area contributed by atoms with E-state index in [0.717, 1.165) is 12.8 Å². The van der Waals surface area contributed by atoms with Crippen LogP contribution in [0, 0.1) is 0 Å². The van der Waals surface area contributed by atoms with E-state index >= 15 is 0 Å². The molecule has 1 rings (SSSR count). The van der Waals surface area contributed by atoms with Crippen LogP contribution in [0.3, 0.4) is 0 Å². The number of hydrogen-bond acceptors (Lipinski definition) is 3. The molecule has 84 valence electrons. The SMILES string of the molecule is CCc1ccsc1CNC(=O)CCCN. The summed E-state index contributed by atoms with van der Waals surface area (Å²) in [6.07, 6.45) is 2.32. The standard InChI is InChI=1S/C11H18N2OS/c1-2-9-5-7-15-10(9)8-13-11(14)4-3-6-12/h5,7H,2-4,6,8,12H2,1H3,(H,13,14). The molecule has 3 nitrogen and oxygen atoms in total. The lowest BCUT2D eigenvalue weighted by Crippen LogP contribution is -2.23. The molecule has 0 atom stereocenters. The van der Waals surface area contributed by atoms with Crippen LogP contribution in [-0.2, 0) is 17.8 Å². The predicted molar refractivity (Wildman–Crippen MR) is 63.8 cm³/mol.